The van der Waals surface area contributed by atoms with E-state index in [1.807, 2.05) is 48.5 Å². The molecule has 1 aliphatic heterocycles. The molecule has 0 aromatic heterocycles. The van der Waals surface area contributed by atoms with Crippen LogP contribution in [0.5, 0.6) is 0 Å². The van der Waals surface area contributed by atoms with Gasteiger partial charge in [-0.3, -0.25) is 14.4 Å². The predicted molar refractivity (Wildman–Crippen MR) is 185 cm³/mol. The van der Waals surface area contributed by atoms with Crippen LogP contribution in [-0.4, -0.2) is 76.5 Å². The topological polar surface area (TPSA) is 168 Å². The van der Waals surface area contributed by atoms with Gasteiger partial charge in [0.25, 0.3) is 0 Å². The zero-order valence-corrected chi connectivity index (χ0v) is 28.2. The molecule has 11 nitrogen and oxygen atoms in total. The summed E-state index contributed by atoms with van der Waals surface area (Å²) in [5.74, 6) is -3.07. The summed E-state index contributed by atoms with van der Waals surface area (Å²) in [6, 6.07) is 19.1. The summed E-state index contributed by atoms with van der Waals surface area (Å²) < 4.78 is 5.28. The number of rotatable bonds is 15. The molecule has 0 bridgehead atoms. The number of esters is 1. The van der Waals surface area contributed by atoms with Crippen molar-refractivity contribution in [3.05, 3.63) is 83.9 Å². The summed E-state index contributed by atoms with van der Waals surface area (Å²) in [6.45, 7) is 3.78. The minimum atomic E-state index is -1.39. The van der Waals surface area contributed by atoms with Gasteiger partial charge in [-0.15, -0.1) is 12.4 Å². The Kier molecular flexibility index (Phi) is 13.9. The minimum Gasteiger partial charge on any atom is -0.480 e. The van der Waals surface area contributed by atoms with Gasteiger partial charge in [-0.2, -0.15) is 0 Å². The van der Waals surface area contributed by atoms with Crippen molar-refractivity contribution >= 4 is 52.8 Å². The number of fused-ring (bicyclic) bond motifs is 1. The van der Waals surface area contributed by atoms with Gasteiger partial charge in [0, 0.05) is 13.0 Å². The lowest BCUT2D eigenvalue weighted by molar-refractivity contribution is -0.149. The Hall–Kier alpha value is -4.48. The van der Waals surface area contributed by atoms with Gasteiger partial charge in [0.2, 0.25) is 17.7 Å². The van der Waals surface area contributed by atoms with Crippen molar-refractivity contribution in [2.45, 2.75) is 82.5 Å². The van der Waals surface area contributed by atoms with Crippen LogP contribution in [0.2, 0.25) is 0 Å². The molecule has 0 spiro atoms. The van der Waals surface area contributed by atoms with Gasteiger partial charge >= 0.3 is 11.9 Å². The van der Waals surface area contributed by atoms with E-state index in [4.69, 9.17) is 10.5 Å². The molecule has 4 rings (SSSR count). The molecule has 1 heterocycles. The lowest BCUT2D eigenvalue weighted by atomic mass is 9.94. The van der Waals surface area contributed by atoms with E-state index < -0.39 is 53.3 Å². The Labute approximate surface area is 287 Å². The number of hydrogen-bond donors (Lipinski definition) is 4. The number of benzene rings is 3. The summed E-state index contributed by atoms with van der Waals surface area (Å²) in [5, 5.41) is 17.3. The lowest BCUT2D eigenvalue weighted by Gasteiger charge is -2.33. The van der Waals surface area contributed by atoms with Crippen LogP contribution in [0.15, 0.2) is 72.8 Å². The number of carbonyl (C=O) groups is 5. The highest BCUT2D eigenvalue weighted by Gasteiger charge is 2.41. The molecule has 3 aromatic rings. The van der Waals surface area contributed by atoms with Gasteiger partial charge in [-0.25, -0.2) is 9.59 Å². The van der Waals surface area contributed by atoms with Crippen LogP contribution in [0.3, 0.4) is 0 Å². The molecule has 5 N–H and O–H groups in total. The number of amides is 3. The second-order valence-electron chi connectivity index (χ2n) is 12.2. The summed E-state index contributed by atoms with van der Waals surface area (Å²) in [5.41, 5.74) is 6.07. The van der Waals surface area contributed by atoms with Crippen molar-refractivity contribution in [1.29, 1.82) is 0 Å². The van der Waals surface area contributed by atoms with Gasteiger partial charge in [-0.05, 0) is 73.9 Å². The van der Waals surface area contributed by atoms with E-state index in [1.54, 1.807) is 38.1 Å². The van der Waals surface area contributed by atoms with Crippen molar-refractivity contribution in [2.75, 3.05) is 13.2 Å². The van der Waals surface area contributed by atoms with Crippen LogP contribution in [0.1, 0.15) is 68.3 Å². The highest BCUT2D eigenvalue weighted by molar-refractivity contribution is 5.97. The molecule has 3 amide bonds. The van der Waals surface area contributed by atoms with Crippen molar-refractivity contribution in [3.63, 3.8) is 0 Å². The van der Waals surface area contributed by atoms with Crippen molar-refractivity contribution in [2.24, 2.45) is 5.73 Å². The highest BCUT2D eigenvalue weighted by atomic mass is 35.5. The number of carbonyl (C=O) groups excluding carboxylic acids is 4. The number of likely N-dealkylation sites (tertiary alicyclic amines) is 1. The minimum absolute atomic E-state index is 0. The van der Waals surface area contributed by atoms with Gasteiger partial charge in [-0.1, -0.05) is 67.6 Å². The number of nitrogens with zero attached hydrogens (tertiary/aromatic N) is 1. The SMILES string of the molecule is CC[C@](C)(NC(=O)[C@@H](N)CCCCOC(=O)c1ccccc1)C(=O)NC(Cc1cccc2ccccc12)C(=O)N1CCC[C@@H]1C(=O)O.Cl. The fourth-order valence-electron chi connectivity index (χ4n) is 5.79. The number of nitrogens with two attached hydrogens (primary N) is 1. The van der Waals surface area contributed by atoms with Crippen LogP contribution in [0, 0.1) is 0 Å². The number of unbranched alkanes of at least 4 members (excludes halogenated alkanes) is 1. The van der Waals surface area contributed by atoms with Crippen LogP contribution < -0.4 is 16.4 Å². The van der Waals surface area contributed by atoms with Crippen LogP contribution >= 0.6 is 12.4 Å². The van der Waals surface area contributed by atoms with Crippen LogP contribution in [0.25, 0.3) is 10.8 Å². The van der Waals surface area contributed by atoms with E-state index in [0.29, 0.717) is 37.7 Å². The number of ether oxygens (including phenoxy) is 1. The smallest absolute Gasteiger partial charge is 0.338 e. The maximum atomic E-state index is 13.9. The normalized spacial score (nSPS) is 16.6. The first-order chi connectivity index (χ1) is 22.5. The summed E-state index contributed by atoms with van der Waals surface area (Å²) in [4.78, 5) is 66.2. The maximum Gasteiger partial charge on any atom is 0.338 e. The highest BCUT2D eigenvalue weighted by Crippen LogP contribution is 2.24. The zero-order valence-electron chi connectivity index (χ0n) is 27.4. The summed E-state index contributed by atoms with van der Waals surface area (Å²) in [6.07, 6.45) is 2.58. The molecule has 0 saturated carbocycles. The third-order valence-corrected chi connectivity index (χ3v) is 8.82. The average molecular weight is 681 g/mol. The standard InChI is InChI=1S/C36H44N4O7.ClH/c1-3-36(2,39-31(41)28(37)19-9-10-22-47-34(45)25-14-5-4-6-15-25)35(46)38-29(32(42)40-21-12-20-30(40)33(43)44)23-26-17-11-16-24-13-7-8-18-27(24)26;/h4-8,11,13-18,28-30H,3,9-10,12,19-23,37H2,1-2H3,(H,38,46)(H,39,41)(H,43,44);1H/t28-,29?,30+,36-;/m0./s1. The number of carboxylic acids is 1. The number of halogens is 1. The van der Waals surface area contributed by atoms with E-state index in [0.717, 1.165) is 16.3 Å². The van der Waals surface area contributed by atoms with Crippen LogP contribution in [-0.2, 0) is 30.3 Å². The maximum absolute atomic E-state index is 13.9. The van der Waals surface area contributed by atoms with Gasteiger partial charge < -0.3 is 31.1 Å². The first kappa shape index (κ1) is 38.0. The molecule has 48 heavy (non-hydrogen) atoms. The molecule has 12 heteroatoms. The van der Waals surface area contributed by atoms with Gasteiger partial charge in [0.15, 0.2) is 0 Å². The molecule has 0 radical (unpaired) electrons. The Morgan fingerprint density at radius 1 is 1.00 bits per heavy atom. The Balaban J connectivity index is 0.00000625. The number of aliphatic carboxylic acids is 1. The van der Waals surface area contributed by atoms with E-state index >= 15 is 0 Å². The molecule has 3 aromatic carbocycles. The fraction of sp³-hybridized carbons (Fsp3) is 0.417. The molecular weight excluding hydrogens is 636 g/mol. The largest absolute Gasteiger partial charge is 0.480 e. The van der Waals surface area contributed by atoms with E-state index in [1.165, 1.54) is 4.90 Å². The van der Waals surface area contributed by atoms with Gasteiger partial charge in [0.1, 0.15) is 17.6 Å². The van der Waals surface area contributed by atoms with Crippen molar-refractivity contribution in [1.82, 2.24) is 15.5 Å². The molecule has 1 aliphatic rings. The van der Waals surface area contributed by atoms with Gasteiger partial charge in [0.05, 0.1) is 18.2 Å². The zero-order chi connectivity index (χ0) is 34.0. The van der Waals surface area contributed by atoms with Crippen molar-refractivity contribution < 1.29 is 33.8 Å². The fourth-order valence-corrected chi connectivity index (χ4v) is 5.79. The Morgan fingerprint density at radius 3 is 2.40 bits per heavy atom. The van der Waals surface area contributed by atoms with Crippen LogP contribution in [0.4, 0.5) is 0 Å². The predicted octanol–water partition coefficient (Wildman–Crippen LogP) is 4.00. The lowest BCUT2D eigenvalue weighted by Crippen LogP contribution is -2.63. The second-order valence-corrected chi connectivity index (χ2v) is 12.2. The summed E-state index contributed by atoms with van der Waals surface area (Å²) >= 11 is 0. The first-order valence-corrected chi connectivity index (χ1v) is 16.1. The number of carboxylic acid groups (broad SMARTS) is 1. The quantitative estimate of drug-likeness (QED) is 0.138. The molecule has 1 fully saturated rings. The molecule has 1 saturated heterocycles. The molecule has 1 unspecified atom stereocenters. The summed E-state index contributed by atoms with van der Waals surface area (Å²) in [7, 11) is 0. The van der Waals surface area contributed by atoms with E-state index in [2.05, 4.69) is 10.6 Å². The Morgan fingerprint density at radius 2 is 1.69 bits per heavy atom. The molecule has 4 atom stereocenters. The second kappa shape index (κ2) is 17.6. The number of nitrogens with one attached hydrogen (secondary N) is 2. The first-order valence-electron chi connectivity index (χ1n) is 16.1. The van der Waals surface area contributed by atoms with E-state index in [9.17, 15) is 29.1 Å². The third kappa shape index (κ3) is 9.54. The molecule has 258 valence electrons. The van der Waals surface area contributed by atoms with Crippen molar-refractivity contribution in [3.8, 4) is 0 Å². The monoisotopic (exact) mass is 680 g/mol. The average Bonchev–Trinajstić information content (AvgIpc) is 3.58. The Bertz CT molecular complexity index is 1580. The third-order valence-electron chi connectivity index (χ3n) is 8.82. The molecule has 0 aliphatic carbocycles. The number of hydrogen-bond acceptors (Lipinski definition) is 7. The van der Waals surface area contributed by atoms with E-state index in [-0.39, 0.29) is 38.4 Å². The molecular formula is C36H45ClN4O7.